The fraction of sp³-hybridized carbons (Fsp3) is 0.333. The number of anilines is 1. The molecule has 1 aliphatic heterocycles. The molecule has 0 aliphatic carbocycles. The predicted octanol–water partition coefficient (Wildman–Crippen LogP) is 3.57. The van der Waals surface area contributed by atoms with Crippen LogP contribution in [0.4, 0.5) is 5.69 Å². The zero-order valence-electron chi connectivity index (χ0n) is 15.4. The van der Waals surface area contributed by atoms with E-state index in [9.17, 15) is 9.59 Å². The molecule has 1 aliphatic rings. The maximum atomic E-state index is 12.6. The van der Waals surface area contributed by atoms with Crippen LogP contribution in [0.3, 0.4) is 0 Å². The number of rotatable bonds is 6. The van der Waals surface area contributed by atoms with E-state index in [1.165, 1.54) is 10.5 Å². The SMILES string of the molecule is CN(CC(=O)Nc1ccccc1Cl)C(=O)CN1CCCC1c1ccccc1. The summed E-state index contributed by atoms with van der Waals surface area (Å²) in [6.45, 7) is 1.20. The Kier molecular flexibility index (Phi) is 6.48. The molecule has 1 atom stereocenters. The van der Waals surface area contributed by atoms with Gasteiger partial charge >= 0.3 is 0 Å². The lowest BCUT2D eigenvalue weighted by Crippen LogP contribution is -2.41. The van der Waals surface area contributed by atoms with Gasteiger partial charge in [0.25, 0.3) is 0 Å². The summed E-state index contributed by atoms with van der Waals surface area (Å²) in [5.41, 5.74) is 1.79. The van der Waals surface area contributed by atoms with Crippen molar-refractivity contribution in [2.24, 2.45) is 0 Å². The molecule has 0 aromatic heterocycles. The van der Waals surface area contributed by atoms with Gasteiger partial charge in [0.05, 0.1) is 23.8 Å². The molecule has 1 fully saturated rings. The lowest BCUT2D eigenvalue weighted by molar-refractivity contribution is -0.134. The quantitative estimate of drug-likeness (QED) is 0.827. The minimum atomic E-state index is -0.264. The summed E-state index contributed by atoms with van der Waals surface area (Å²) in [5, 5.41) is 3.22. The first kappa shape index (κ1) is 19.4. The average Bonchev–Trinajstić information content (AvgIpc) is 3.12. The van der Waals surface area contributed by atoms with Crippen LogP contribution in [0, 0.1) is 0 Å². The number of amides is 2. The van der Waals surface area contributed by atoms with Gasteiger partial charge in [0.2, 0.25) is 11.8 Å². The Balaban J connectivity index is 1.54. The molecule has 0 bridgehead atoms. The Labute approximate surface area is 164 Å². The Morgan fingerprint density at radius 3 is 2.59 bits per heavy atom. The van der Waals surface area contributed by atoms with E-state index in [2.05, 4.69) is 22.3 Å². The molecule has 1 unspecified atom stereocenters. The van der Waals surface area contributed by atoms with Gasteiger partial charge in [-0.05, 0) is 37.1 Å². The summed E-state index contributed by atoms with van der Waals surface area (Å²) in [6, 6.07) is 17.6. The normalized spacial score (nSPS) is 16.9. The van der Waals surface area contributed by atoms with Gasteiger partial charge in [-0.15, -0.1) is 0 Å². The highest BCUT2D eigenvalue weighted by atomic mass is 35.5. The molecular formula is C21H24ClN3O2. The minimum absolute atomic E-state index is 0.00605. The van der Waals surface area contributed by atoms with E-state index in [-0.39, 0.29) is 24.4 Å². The number of nitrogens with zero attached hydrogens (tertiary/aromatic N) is 2. The van der Waals surface area contributed by atoms with Gasteiger partial charge in [-0.2, -0.15) is 0 Å². The molecule has 1 heterocycles. The number of hydrogen-bond donors (Lipinski definition) is 1. The number of para-hydroxylation sites is 1. The zero-order chi connectivity index (χ0) is 19.2. The molecule has 0 radical (unpaired) electrons. The van der Waals surface area contributed by atoms with Crippen molar-refractivity contribution in [3.8, 4) is 0 Å². The molecule has 1 saturated heterocycles. The van der Waals surface area contributed by atoms with Crippen LogP contribution in [0.25, 0.3) is 0 Å². The number of likely N-dealkylation sites (N-methyl/N-ethyl adjacent to an activating group) is 1. The Morgan fingerprint density at radius 1 is 1.15 bits per heavy atom. The second-order valence-electron chi connectivity index (χ2n) is 6.82. The van der Waals surface area contributed by atoms with Crippen molar-refractivity contribution in [2.45, 2.75) is 18.9 Å². The van der Waals surface area contributed by atoms with Crippen LogP contribution in [0.5, 0.6) is 0 Å². The van der Waals surface area contributed by atoms with Gasteiger partial charge in [0.1, 0.15) is 0 Å². The van der Waals surface area contributed by atoms with Crippen molar-refractivity contribution in [1.29, 1.82) is 0 Å². The molecule has 2 aromatic rings. The monoisotopic (exact) mass is 385 g/mol. The molecule has 2 amide bonds. The molecule has 0 saturated carbocycles. The van der Waals surface area contributed by atoms with Crippen molar-refractivity contribution >= 4 is 29.1 Å². The van der Waals surface area contributed by atoms with Crippen molar-refractivity contribution in [1.82, 2.24) is 9.80 Å². The zero-order valence-corrected chi connectivity index (χ0v) is 16.2. The first-order chi connectivity index (χ1) is 13.0. The third kappa shape index (κ3) is 5.08. The van der Waals surface area contributed by atoms with Crippen molar-refractivity contribution in [2.75, 3.05) is 32.0 Å². The van der Waals surface area contributed by atoms with Crippen LogP contribution >= 0.6 is 11.6 Å². The number of hydrogen-bond acceptors (Lipinski definition) is 3. The molecule has 1 N–H and O–H groups in total. The standard InChI is InChI=1S/C21H24ClN3O2/c1-24(14-20(26)23-18-11-6-5-10-17(18)22)21(27)15-25-13-7-12-19(25)16-8-3-2-4-9-16/h2-6,8-11,19H,7,12-15H2,1H3,(H,23,26). The highest BCUT2D eigenvalue weighted by Crippen LogP contribution is 2.31. The second kappa shape index (κ2) is 9.02. The molecule has 142 valence electrons. The van der Waals surface area contributed by atoms with Crippen molar-refractivity contribution < 1.29 is 9.59 Å². The van der Waals surface area contributed by atoms with E-state index in [0.29, 0.717) is 17.3 Å². The van der Waals surface area contributed by atoms with E-state index in [0.717, 1.165) is 19.4 Å². The molecule has 5 nitrogen and oxygen atoms in total. The summed E-state index contributed by atoms with van der Waals surface area (Å²) in [6.07, 6.45) is 2.12. The van der Waals surface area contributed by atoms with E-state index in [1.807, 2.05) is 18.2 Å². The van der Waals surface area contributed by atoms with Crippen LogP contribution in [-0.2, 0) is 9.59 Å². The fourth-order valence-electron chi connectivity index (χ4n) is 3.42. The maximum Gasteiger partial charge on any atom is 0.244 e. The van der Waals surface area contributed by atoms with Crippen LogP contribution < -0.4 is 5.32 Å². The lowest BCUT2D eigenvalue weighted by atomic mass is 10.0. The Morgan fingerprint density at radius 2 is 1.85 bits per heavy atom. The molecule has 0 spiro atoms. The number of benzene rings is 2. The third-order valence-electron chi connectivity index (χ3n) is 4.84. The van der Waals surface area contributed by atoms with Crippen LogP contribution in [0.2, 0.25) is 5.02 Å². The number of likely N-dealkylation sites (tertiary alicyclic amines) is 1. The summed E-state index contributed by atoms with van der Waals surface area (Å²) in [5.74, 6) is -0.327. The van der Waals surface area contributed by atoms with Crippen LogP contribution in [-0.4, -0.2) is 48.3 Å². The van der Waals surface area contributed by atoms with Gasteiger partial charge in [0.15, 0.2) is 0 Å². The summed E-state index contributed by atoms with van der Waals surface area (Å²) in [7, 11) is 1.65. The van der Waals surface area contributed by atoms with Crippen molar-refractivity contribution in [3.63, 3.8) is 0 Å². The molecular weight excluding hydrogens is 362 g/mol. The van der Waals surface area contributed by atoms with Crippen molar-refractivity contribution in [3.05, 3.63) is 65.2 Å². The van der Waals surface area contributed by atoms with Crippen LogP contribution in [0.15, 0.2) is 54.6 Å². The lowest BCUT2D eigenvalue weighted by Gasteiger charge is -2.26. The first-order valence-electron chi connectivity index (χ1n) is 9.12. The largest absolute Gasteiger partial charge is 0.335 e. The molecule has 6 heteroatoms. The van der Waals surface area contributed by atoms with E-state index in [1.54, 1.807) is 31.3 Å². The first-order valence-corrected chi connectivity index (χ1v) is 9.49. The van der Waals surface area contributed by atoms with E-state index < -0.39 is 0 Å². The Hall–Kier alpha value is -2.37. The topological polar surface area (TPSA) is 52.7 Å². The van der Waals surface area contributed by atoms with Gasteiger partial charge in [-0.25, -0.2) is 0 Å². The number of carbonyl (C=O) groups is 2. The second-order valence-corrected chi connectivity index (χ2v) is 7.22. The number of carbonyl (C=O) groups excluding carboxylic acids is 2. The maximum absolute atomic E-state index is 12.6. The highest BCUT2D eigenvalue weighted by Gasteiger charge is 2.28. The molecule has 2 aromatic carbocycles. The average molecular weight is 386 g/mol. The van der Waals surface area contributed by atoms with Gasteiger partial charge in [-0.1, -0.05) is 54.1 Å². The smallest absolute Gasteiger partial charge is 0.244 e. The number of nitrogens with one attached hydrogen (secondary N) is 1. The summed E-state index contributed by atoms with van der Waals surface area (Å²) >= 11 is 6.05. The fourth-order valence-corrected chi connectivity index (χ4v) is 3.60. The van der Waals surface area contributed by atoms with Crippen LogP contribution in [0.1, 0.15) is 24.4 Å². The van der Waals surface area contributed by atoms with E-state index >= 15 is 0 Å². The molecule has 3 rings (SSSR count). The summed E-state index contributed by atoms with van der Waals surface area (Å²) in [4.78, 5) is 28.5. The third-order valence-corrected chi connectivity index (χ3v) is 5.17. The van der Waals surface area contributed by atoms with Gasteiger partial charge in [0, 0.05) is 13.1 Å². The summed E-state index contributed by atoms with van der Waals surface area (Å²) < 4.78 is 0. The Bertz CT molecular complexity index is 797. The van der Waals surface area contributed by atoms with Gasteiger partial charge in [-0.3, -0.25) is 14.5 Å². The van der Waals surface area contributed by atoms with Gasteiger partial charge < -0.3 is 10.2 Å². The minimum Gasteiger partial charge on any atom is -0.335 e. The van der Waals surface area contributed by atoms with E-state index in [4.69, 9.17) is 11.6 Å². The number of halogens is 1. The predicted molar refractivity (Wildman–Crippen MR) is 108 cm³/mol. The highest BCUT2D eigenvalue weighted by molar-refractivity contribution is 6.33. The molecule has 27 heavy (non-hydrogen) atoms.